The minimum absolute atomic E-state index is 0.108. The number of amides is 2. The van der Waals surface area contributed by atoms with E-state index in [1.165, 1.54) is 23.1 Å². The quantitative estimate of drug-likeness (QED) is 0.499. The molecule has 1 aromatic heterocycles. The molecule has 2 heterocycles. The van der Waals surface area contributed by atoms with Crippen LogP contribution in [0.5, 0.6) is 0 Å². The molecule has 0 bridgehead atoms. The van der Waals surface area contributed by atoms with E-state index >= 15 is 0 Å². The summed E-state index contributed by atoms with van der Waals surface area (Å²) in [7, 11) is 0. The van der Waals surface area contributed by atoms with Gasteiger partial charge in [0.2, 0.25) is 5.91 Å². The second-order valence-corrected chi connectivity index (χ2v) is 8.86. The molecule has 1 aromatic carbocycles. The lowest BCUT2D eigenvalue weighted by molar-refractivity contribution is -0.122. The van der Waals surface area contributed by atoms with Crippen molar-refractivity contribution in [2.45, 2.75) is 12.8 Å². The molecule has 0 saturated carbocycles. The summed E-state index contributed by atoms with van der Waals surface area (Å²) in [5, 5.41) is 5.11. The summed E-state index contributed by atoms with van der Waals surface area (Å²) in [6.45, 7) is 0.424. The monoisotopic (exact) mass is 467 g/mol. The third-order valence-electron chi connectivity index (χ3n) is 3.51. The van der Waals surface area contributed by atoms with Gasteiger partial charge in [-0.2, -0.15) is 0 Å². The molecule has 0 spiro atoms. The molecule has 9 heteroatoms. The van der Waals surface area contributed by atoms with Gasteiger partial charge in [0.05, 0.1) is 4.91 Å². The first kappa shape index (κ1) is 19.2. The predicted octanol–water partition coefficient (Wildman–Crippen LogP) is 4.53. The topological polar surface area (TPSA) is 62.3 Å². The van der Waals surface area contributed by atoms with Crippen LogP contribution in [0, 0.1) is 0 Å². The van der Waals surface area contributed by atoms with Crippen LogP contribution in [0.3, 0.4) is 0 Å². The number of benzene rings is 1. The zero-order valence-corrected chi connectivity index (χ0v) is 17.5. The Bertz CT molecular complexity index is 851. The van der Waals surface area contributed by atoms with Gasteiger partial charge in [0.15, 0.2) is 5.13 Å². The number of thiocarbonyl (C=S) groups is 1. The van der Waals surface area contributed by atoms with Crippen LogP contribution in [0.25, 0.3) is 6.08 Å². The summed E-state index contributed by atoms with van der Waals surface area (Å²) in [5.74, 6) is -0.223. The Morgan fingerprint density at radius 2 is 2.12 bits per heavy atom. The van der Waals surface area contributed by atoms with Gasteiger partial charge in [0.25, 0.3) is 5.91 Å². The summed E-state index contributed by atoms with van der Waals surface area (Å²) in [4.78, 5) is 30.6. The van der Waals surface area contributed by atoms with Crippen LogP contribution >= 0.6 is 51.2 Å². The van der Waals surface area contributed by atoms with E-state index in [0.29, 0.717) is 33.7 Å². The molecule has 1 aliphatic heterocycles. The molecule has 0 atom stereocenters. The van der Waals surface area contributed by atoms with Crippen molar-refractivity contribution in [2.24, 2.45) is 0 Å². The van der Waals surface area contributed by atoms with E-state index in [1.54, 1.807) is 16.5 Å². The lowest BCUT2D eigenvalue weighted by Crippen LogP contribution is -2.29. The maximum atomic E-state index is 12.6. The Morgan fingerprint density at radius 1 is 1.35 bits per heavy atom. The van der Waals surface area contributed by atoms with Crippen LogP contribution in [0.4, 0.5) is 5.13 Å². The number of nitrogens with one attached hydrogen (secondary N) is 1. The molecule has 2 aromatic rings. The summed E-state index contributed by atoms with van der Waals surface area (Å²) in [5.41, 5.74) is 0.941. The molecule has 1 saturated heterocycles. The van der Waals surface area contributed by atoms with E-state index < -0.39 is 0 Å². The fraction of sp³-hybridized carbons (Fsp3) is 0.176. The van der Waals surface area contributed by atoms with Gasteiger partial charge in [0.1, 0.15) is 4.32 Å². The van der Waals surface area contributed by atoms with Gasteiger partial charge >= 0.3 is 0 Å². The van der Waals surface area contributed by atoms with Crippen molar-refractivity contribution in [1.82, 2.24) is 9.88 Å². The molecule has 1 aliphatic rings. The molecule has 0 aliphatic carbocycles. The van der Waals surface area contributed by atoms with Gasteiger partial charge in [-0.25, -0.2) is 4.98 Å². The largest absolute Gasteiger partial charge is 0.302 e. The molecule has 2 amide bonds. The Balaban J connectivity index is 1.54. The van der Waals surface area contributed by atoms with Crippen molar-refractivity contribution in [3.63, 3.8) is 0 Å². The molecule has 134 valence electrons. The number of carbonyl (C=O) groups is 2. The number of carbonyl (C=O) groups excluding carboxylic acids is 2. The summed E-state index contributed by atoms with van der Waals surface area (Å²) in [6, 6.07) is 7.71. The van der Waals surface area contributed by atoms with E-state index in [0.717, 1.165) is 10.0 Å². The van der Waals surface area contributed by atoms with Crippen molar-refractivity contribution >= 4 is 78.6 Å². The molecule has 3 rings (SSSR count). The zero-order chi connectivity index (χ0) is 18.5. The van der Waals surface area contributed by atoms with Crippen molar-refractivity contribution in [3.8, 4) is 0 Å². The Kier molecular flexibility index (Phi) is 6.58. The van der Waals surface area contributed by atoms with Gasteiger partial charge in [-0.3, -0.25) is 14.5 Å². The van der Waals surface area contributed by atoms with E-state index in [2.05, 4.69) is 26.2 Å². The highest BCUT2D eigenvalue weighted by Crippen LogP contribution is 2.32. The first-order valence-electron chi connectivity index (χ1n) is 7.73. The second kappa shape index (κ2) is 8.90. The minimum atomic E-state index is -0.115. The molecule has 0 radical (unpaired) electrons. The maximum Gasteiger partial charge on any atom is 0.266 e. The van der Waals surface area contributed by atoms with Crippen LogP contribution in [0.15, 0.2) is 45.2 Å². The average Bonchev–Trinajstić information content (AvgIpc) is 3.20. The number of hydrogen-bond donors (Lipinski definition) is 1. The van der Waals surface area contributed by atoms with Crippen LogP contribution in [-0.4, -0.2) is 32.6 Å². The summed E-state index contributed by atoms with van der Waals surface area (Å²) >= 11 is 11.4. The van der Waals surface area contributed by atoms with Crippen LogP contribution < -0.4 is 5.32 Å². The number of thioether (sulfide) groups is 1. The van der Waals surface area contributed by atoms with Gasteiger partial charge < -0.3 is 5.32 Å². The predicted molar refractivity (Wildman–Crippen MR) is 114 cm³/mol. The normalized spacial score (nSPS) is 15.7. The number of anilines is 1. The fourth-order valence-corrected chi connectivity index (χ4v) is 4.39. The number of thiazole rings is 1. The number of aromatic nitrogens is 1. The smallest absolute Gasteiger partial charge is 0.266 e. The molecular formula is C17H14BrN3O2S3. The molecule has 1 N–H and O–H groups in total. The van der Waals surface area contributed by atoms with Crippen LogP contribution in [0.1, 0.15) is 18.4 Å². The summed E-state index contributed by atoms with van der Waals surface area (Å²) < 4.78 is 1.51. The van der Waals surface area contributed by atoms with Crippen LogP contribution in [0.2, 0.25) is 0 Å². The SMILES string of the molecule is O=C(CCCN1C(=O)C(=Cc2ccc(Br)cc2)SC1=S)Nc1nccs1. The highest BCUT2D eigenvalue weighted by molar-refractivity contribution is 9.10. The Morgan fingerprint density at radius 3 is 2.81 bits per heavy atom. The van der Waals surface area contributed by atoms with Crippen molar-refractivity contribution < 1.29 is 9.59 Å². The minimum Gasteiger partial charge on any atom is -0.302 e. The number of halogens is 1. The van der Waals surface area contributed by atoms with Crippen molar-refractivity contribution in [3.05, 3.63) is 50.8 Å². The third kappa shape index (κ3) is 5.00. The standard InChI is InChI=1S/C17H14BrN3O2S3/c18-12-5-3-11(4-6-12)10-13-15(23)21(17(24)26-13)8-1-2-14(22)20-16-19-7-9-25-16/h3-7,9-10H,1-2,8H2,(H,19,20,22). The second-order valence-electron chi connectivity index (χ2n) is 5.37. The summed E-state index contributed by atoms with van der Waals surface area (Å²) in [6.07, 6.45) is 4.32. The van der Waals surface area contributed by atoms with Gasteiger partial charge in [0, 0.05) is 29.0 Å². The highest BCUT2D eigenvalue weighted by Gasteiger charge is 2.31. The van der Waals surface area contributed by atoms with E-state index in [-0.39, 0.29) is 11.8 Å². The molecular weight excluding hydrogens is 454 g/mol. The molecule has 26 heavy (non-hydrogen) atoms. The average molecular weight is 468 g/mol. The van der Waals surface area contributed by atoms with Crippen molar-refractivity contribution in [1.29, 1.82) is 0 Å². The van der Waals surface area contributed by atoms with Crippen molar-refractivity contribution in [2.75, 3.05) is 11.9 Å². The number of rotatable bonds is 6. The van der Waals surface area contributed by atoms with E-state index in [1.807, 2.05) is 30.3 Å². The van der Waals surface area contributed by atoms with Crippen LogP contribution in [-0.2, 0) is 9.59 Å². The lowest BCUT2D eigenvalue weighted by Gasteiger charge is -2.13. The van der Waals surface area contributed by atoms with Gasteiger partial charge in [-0.05, 0) is 30.2 Å². The first-order chi connectivity index (χ1) is 12.5. The fourth-order valence-electron chi connectivity index (χ4n) is 2.27. The number of hydrogen-bond acceptors (Lipinski definition) is 6. The highest BCUT2D eigenvalue weighted by atomic mass is 79.9. The zero-order valence-electron chi connectivity index (χ0n) is 13.5. The van der Waals surface area contributed by atoms with Gasteiger partial charge in [-0.1, -0.05) is 52.0 Å². The molecule has 0 unspecified atom stereocenters. The van der Waals surface area contributed by atoms with E-state index in [9.17, 15) is 9.59 Å². The van der Waals surface area contributed by atoms with E-state index in [4.69, 9.17) is 12.2 Å². The molecule has 5 nitrogen and oxygen atoms in total. The Hall–Kier alpha value is -1.55. The maximum absolute atomic E-state index is 12.6. The third-order valence-corrected chi connectivity index (χ3v) is 6.10. The lowest BCUT2D eigenvalue weighted by atomic mass is 10.2. The van der Waals surface area contributed by atoms with Gasteiger partial charge in [-0.15, -0.1) is 11.3 Å². The first-order valence-corrected chi connectivity index (χ1v) is 10.6. The molecule has 1 fully saturated rings. The number of nitrogens with zero attached hydrogens (tertiary/aromatic N) is 2. The Labute approximate surface area is 173 Å².